The molecule has 0 aliphatic heterocycles. The van der Waals surface area contributed by atoms with Crippen molar-refractivity contribution in [1.29, 1.82) is 0 Å². The number of amides is 1. The second-order valence-corrected chi connectivity index (χ2v) is 3.61. The van der Waals surface area contributed by atoms with Gasteiger partial charge in [-0.2, -0.15) is 0 Å². The maximum atomic E-state index is 10.1. The maximum Gasteiger partial charge on any atom is 0.404 e. The molecule has 0 aliphatic rings. The Labute approximate surface area is 92.3 Å². The minimum atomic E-state index is -0.703. The highest BCUT2D eigenvalue weighted by atomic mass is 127. The fourth-order valence-electron chi connectivity index (χ4n) is 0.738. The zero-order valence-electron chi connectivity index (χ0n) is 7.63. The van der Waals surface area contributed by atoms with Gasteiger partial charge in [-0.15, -0.1) is 0 Å². The number of hydrogen-bond acceptors (Lipinski definition) is 3. The molecule has 0 bridgehead atoms. The molecular formula is C8H16INO3. The predicted molar refractivity (Wildman–Crippen MR) is 59.1 cm³/mol. The molecule has 0 radical (unpaired) electrons. The van der Waals surface area contributed by atoms with Crippen LogP contribution in [-0.2, 0) is 9.47 Å². The minimum Gasteiger partial charge on any atom is -0.450 e. The third-order valence-corrected chi connectivity index (χ3v) is 2.11. The van der Waals surface area contributed by atoms with Crippen LogP contribution in [0.1, 0.15) is 19.3 Å². The van der Waals surface area contributed by atoms with Crippen molar-refractivity contribution in [2.45, 2.75) is 19.3 Å². The zero-order chi connectivity index (χ0) is 9.94. The molecule has 5 heteroatoms. The van der Waals surface area contributed by atoms with Crippen LogP contribution in [0.2, 0.25) is 0 Å². The maximum absolute atomic E-state index is 10.1. The summed E-state index contributed by atoms with van der Waals surface area (Å²) < 4.78 is 11.0. The number of carbonyl (C=O) groups is 1. The van der Waals surface area contributed by atoms with E-state index in [9.17, 15) is 4.79 Å². The van der Waals surface area contributed by atoms with Gasteiger partial charge in [-0.1, -0.05) is 22.6 Å². The summed E-state index contributed by atoms with van der Waals surface area (Å²) in [4.78, 5) is 10.1. The molecule has 0 spiro atoms. The molecule has 0 aliphatic carbocycles. The van der Waals surface area contributed by atoms with Crippen molar-refractivity contribution in [1.82, 2.24) is 0 Å². The van der Waals surface area contributed by atoms with E-state index in [4.69, 9.17) is 10.5 Å². The lowest BCUT2D eigenvalue weighted by molar-refractivity contribution is 0.119. The molecule has 0 aromatic rings. The van der Waals surface area contributed by atoms with Crippen molar-refractivity contribution in [3.8, 4) is 0 Å². The average molecular weight is 301 g/mol. The van der Waals surface area contributed by atoms with Crippen LogP contribution in [0.25, 0.3) is 0 Å². The van der Waals surface area contributed by atoms with Gasteiger partial charge in [0, 0.05) is 17.6 Å². The average Bonchev–Trinajstić information content (AvgIpc) is 2.09. The molecule has 0 heterocycles. The van der Waals surface area contributed by atoms with Crippen molar-refractivity contribution >= 4 is 28.7 Å². The Hall–Kier alpha value is -0.0400. The number of nitrogens with two attached hydrogens (primary N) is 1. The molecular weight excluding hydrogens is 285 g/mol. The van der Waals surface area contributed by atoms with Crippen LogP contribution < -0.4 is 5.73 Å². The van der Waals surface area contributed by atoms with Gasteiger partial charge in [0.1, 0.15) is 0 Å². The molecule has 0 saturated heterocycles. The van der Waals surface area contributed by atoms with Crippen molar-refractivity contribution in [3.63, 3.8) is 0 Å². The normalized spacial score (nSPS) is 9.92. The Kier molecular flexibility index (Phi) is 10.0. The summed E-state index contributed by atoms with van der Waals surface area (Å²) in [5, 5.41) is 0. The number of rotatable bonds is 8. The number of carbonyl (C=O) groups excluding carboxylic acids is 1. The third-order valence-electron chi connectivity index (χ3n) is 1.35. The van der Waals surface area contributed by atoms with Crippen LogP contribution in [0.3, 0.4) is 0 Å². The molecule has 0 unspecified atom stereocenters. The van der Waals surface area contributed by atoms with E-state index in [0.29, 0.717) is 6.61 Å². The highest BCUT2D eigenvalue weighted by Crippen LogP contribution is 1.94. The van der Waals surface area contributed by atoms with Gasteiger partial charge in [-0.3, -0.25) is 0 Å². The van der Waals surface area contributed by atoms with E-state index >= 15 is 0 Å². The molecule has 13 heavy (non-hydrogen) atoms. The lowest BCUT2D eigenvalue weighted by Crippen LogP contribution is -2.13. The Morgan fingerprint density at radius 2 is 1.77 bits per heavy atom. The Morgan fingerprint density at radius 1 is 1.15 bits per heavy atom. The minimum absolute atomic E-state index is 0.394. The molecule has 2 N–H and O–H groups in total. The van der Waals surface area contributed by atoms with Crippen molar-refractivity contribution in [2.75, 3.05) is 24.2 Å². The largest absolute Gasteiger partial charge is 0.450 e. The first kappa shape index (κ1) is 13.0. The van der Waals surface area contributed by atoms with Crippen LogP contribution >= 0.6 is 22.6 Å². The van der Waals surface area contributed by atoms with E-state index in [0.717, 1.165) is 36.9 Å². The molecule has 0 rings (SSSR count). The fourth-order valence-corrected chi connectivity index (χ4v) is 1.05. The molecule has 0 aromatic carbocycles. The van der Waals surface area contributed by atoms with E-state index in [1.54, 1.807) is 0 Å². The van der Waals surface area contributed by atoms with E-state index in [-0.39, 0.29) is 0 Å². The van der Waals surface area contributed by atoms with Crippen molar-refractivity contribution in [3.05, 3.63) is 0 Å². The predicted octanol–water partition coefficient (Wildman–Crippen LogP) is 1.70. The van der Waals surface area contributed by atoms with Crippen LogP contribution in [0.5, 0.6) is 0 Å². The number of unbranched alkanes of at least 4 members (excludes halogenated alkanes) is 1. The summed E-state index contributed by atoms with van der Waals surface area (Å²) in [6, 6.07) is 0. The van der Waals surface area contributed by atoms with Gasteiger partial charge in [0.2, 0.25) is 0 Å². The van der Waals surface area contributed by atoms with E-state index < -0.39 is 6.09 Å². The lowest BCUT2D eigenvalue weighted by Gasteiger charge is -2.02. The first-order chi connectivity index (χ1) is 6.27. The van der Waals surface area contributed by atoms with Gasteiger partial charge in [0.15, 0.2) is 0 Å². The van der Waals surface area contributed by atoms with Crippen LogP contribution in [0.15, 0.2) is 0 Å². The number of primary amides is 1. The molecule has 1 amide bonds. The van der Waals surface area contributed by atoms with Crippen LogP contribution in [0, 0.1) is 0 Å². The quantitative estimate of drug-likeness (QED) is 0.422. The van der Waals surface area contributed by atoms with Crippen molar-refractivity contribution < 1.29 is 14.3 Å². The summed E-state index contributed by atoms with van der Waals surface area (Å²) in [5.74, 6) is 0. The summed E-state index contributed by atoms with van der Waals surface area (Å²) in [6.45, 7) is 1.95. The van der Waals surface area contributed by atoms with E-state index in [1.165, 1.54) is 0 Å². The summed E-state index contributed by atoms with van der Waals surface area (Å²) >= 11 is 2.32. The summed E-state index contributed by atoms with van der Waals surface area (Å²) in [6.07, 6.45) is 2.12. The van der Waals surface area contributed by atoms with Gasteiger partial charge < -0.3 is 15.2 Å². The second-order valence-electron chi connectivity index (χ2n) is 2.53. The van der Waals surface area contributed by atoms with Gasteiger partial charge >= 0.3 is 6.09 Å². The molecule has 4 nitrogen and oxygen atoms in total. The first-order valence-electron chi connectivity index (χ1n) is 4.33. The van der Waals surface area contributed by atoms with Gasteiger partial charge in [0.25, 0.3) is 0 Å². The smallest absolute Gasteiger partial charge is 0.404 e. The number of halogens is 1. The van der Waals surface area contributed by atoms with E-state index in [1.807, 2.05) is 0 Å². The SMILES string of the molecule is NC(=O)OCCCCOCCCI. The highest BCUT2D eigenvalue weighted by Gasteiger charge is 1.93. The number of hydrogen-bond donors (Lipinski definition) is 1. The van der Waals surface area contributed by atoms with E-state index in [2.05, 4.69) is 27.3 Å². The molecule has 0 atom stereocenters. The van der Waals surface area contributed by atoms with Crippen LogP contribution in [-0.4, -0.2) is 30.3 Å². The third kappa shape index (κ3) is 12.0. The van der Waals surface area contributed by atoms with Gasteiger partial charge in [0.05, 0.1) is 6.61 Å². The molecule has 0 aromatic heterocycles. The molecule has 78 valence electrons. The lowest BCUT2D eigenvalue weighted by atomic mass is 10.3. The summed E-state index contributed by atoms with van der Waals surface area (Å²) in [7, 11) is 0. The molecule has 0 saturated carbocycles. The Morgan fingerprint density at radius 3 is 2.38 bits per heavy atom. The topological polar surface area (TPSA) is 61.6 Å². The van der Waals surface area contributed by atoms with Crippen molar-refractivity contribution in [2.24, 2.45) is 5.73 Å². The summed E-state index contributed by atoms with van der Waals surface area (Å²) in [5.41, 5.74) is 4.78. The number of alkyl halides is 1. The number of ether oxygens (including phenoxy) is 2. The van der Waals surface area contributed by atoms with Gasteiger partial charge in [-0.05, 0) is 19.3 Å². The Bertz CT molecular complexity index is 133. The Balaban J connectivity index is 2.87. The fraction of sp³-hybridized carbons (Fsp3) is 0.875. The highest BCUT2D eigenvalue weighted by molar-refractivity contribution is 14.1. The van der Waals surface area contributed by atoms with Crippen LogP contribution in [0.4, 0.5) is 4.79 Å². The second kappa shape index (κ2) is 10.0. The molecule has 0 fully saturated rings. The standard InChI is InChI=1S/C8H16INO3/c9-4-3-6-12-5-1-2-7-13-8(10)11/h1-7H2,(H2,10,11). The van der Waals surface area contributed by atoms with Gasteiger partial charge in [-0.25, -0.2) is 4.79 Å². The first-order valence-corrected chi connectivity index (χ1v) is 5.86. The zero-order valence-corrected chi connectivity index (χ0v) is 9.79. The monoisotopic (exact) mass is 301 g/mol.